The van der Waals surface area contributed by atoms with Crippen LogP contribution >= 0.6 is 0 Å². The first-order valence-electron chi connectivity index (χ1n) is 7.61. The van der Waals surface area contributed by atoms with Crippen molar-refractivity contribution < 1.29 is 23.0 Å². The van der Waals surface area contributed by atoms with Crippen LogP contribution in [0.5, 0.6) is 11.5 Å². The highest BCUT2D eigenvalue weighted by molar-refractivity contribution is 7.89. The third-order valence-corrected chi connectivity index (χ3v) is 5.65. The van der Waals surface area contributed by atoms with Crippen molar-refractivity contribution in [2.24, 2.45) is 7.05 Å². The van der Waals surface area contributed by atoms with Gasteiger partial charge in [0.1, 0.15) is 4.90 Å². The third-order valence-electron chi connectivity index (χ3n) is 3.97. The number of aliphatic hydroxyl groups is 1. The molecule has 0 bridgehead atoms. The molecule has 0 saturated carbocycles. The topological polar surface area (TPSA) is 103 Å². The van der Waals surface area contributed by atoms with Crippen LogP contribution in [-0.4, -0.2) is 44.1 Å². The Hall–Kier alpha value is -2.10. The Morgan fingerprint density at radius 3 is 2.40 bits per heavy atom. The normalized spacial score (nSPS) is 12.9. The van der Waals surface area contributed by atoms with Crippen LogP contribution in [0.3, 0.4) is 0 Å². The molecule has 9 heteroatoms. The molecule has 0 amide bonds. The van der Waals surface area contributed by atoms with Gasteiger partial charge in [-0.1, -0.05) is 6.07 Å². The molecule has 0 radical (unpaired) electrons. The summed E-state index contributed by atoms with van der Waals surface area (Å²) in [6, 6.07) is 4.92. The molecule has 0 saturated heterocycles. The number of sulfonamides is 1. The second-order valence-corrected chi connectivity index (χ2v) is 7.31. The predicted octanol–water partition coefficient (Wildman–Crippen LogP) is 1.07. The second kappa shape index (κ2) is 7.42. The van der Waals surface area contributed by atoms with Gasteiger partial charge in [-0.25, -0.2) is 13.1 Å². The molecule has 8 nitrogen and oxygen atoms in total. The molecule has 0 spiro atoms. The zero-order chi connectivity index (χ0) is 18.8. The maximum Gasteiger partial charge on any atom is 0.244 e. The minimum absolute atomic E-state index is 0.134. The van der Waals surface area contributed by atoms with Gasteiger partial charge in [0.2, 0.25) is 10.0 Å². The molecule has 2 aromatic rings. The summed E-state index contributed by atoms with van der Waals surface area (Å²) in [5.41, 5.74) is 1.46. The van der Waals surface area contributed by atoms with Gasteiger partial charge < -0.3 is 14.6 Å². The van der Waals surface area contributed by atoms with E-state index in [1.807, 2.05) is 0 Å². The average Bonchev–Trinajstić information content (AvgIpc) is 2.84. The number of aromatic nitrogens is 2. The predicted molar refractivity (Wildman–Crippen MR) is 92.4 cm³/mol. The molecule has 138 valence electrons. The Morgan fingerprint density at radius 1 is 1.24 bits per heavy atom. The van der Waals surface area contributed by atoms with Crippen LogP contribution in [0.2, 0.25) is 0 Å². The highest BCUT2D eigenvalue weighted by Gasteiger charge is 2.24. The zero-order valence-electron chi connectivity index (χ0n) is 14.9. The van der Waals surface area contributed by atoms with Gasteiger partial charge in [0.15, 0.2) is 11.5 Å². The minimum atomic E-state index is -3.78. The molecule has 0 fully saturated rings. The summed E-state index contributed by atoms with van der Waals surface area (Å²) < 4.78 is 39.3. The smallest absolute Gasteiger partial charge is 0.244 e. The Balaban J connectivity index is 2.17. The lowest BCUT2D eigenvalue weighted by Crippen LogP contribution is -2.29. The van der Waals surface area contributed by atoms with Crippen LogP contribution in [-0.2, 0) is 17.1 Å². The van der Waals surface area contributed by atoms with Crippen LogP contribution in [0.1, 0.15) is 23.1 Å². The molecule has 25 heavy (non-hydrogen) atoms. The molecule has 1 aromatic heterocycles. The lowest BCUT2D eigenvalue weighted by molar-refractivity contribution is 0.181. The SMILES string of the molecule is COc1ccc(C(O)CNS(=O)(=O)c2c(C)nn(C)c2C)cc1OC. The molecule has 2 rings (SSSR count). The van der Waals surface area contributed by atoms with E-state index in [-0.39, 0.29) is 11.4 Å². The van der Waals surface area contributed by atoms with Crippen LogP contribution in [0.25, 0.3) is 0 Å². The fourth-order valence-corrected chi connectivity index (χ4v) is 4.05. The van der Waals surface area contributed by atoms with E-state index in [1.165, 1.54) is 18.9 Å². The van der Waals surface area contributed by atoms with Crippen LogP contribution in [0, 0.1) is 13.8 Å². The van der Waals surface area contributed by atoms with Gasteiger partial charge in [-0.05, 0) is 31.5 Å². The summed E-state index contributed by atoms with van der Waals surface area (Å²) in [5, 5.41) is 14.4. The molecule has 1 atom stereocenters. The van der Waals surface area contributed by atoms with Crippen molar-refractivity contribution in [2.45, 2.75) is 24.8 Å². The first-order valence-corrected chi connectivity index (χ1v) is 9.09. The number of rotatable bonds is 7. The van der Waals surface area contributed by atoms with E-state index in [0.717, 1.165) is 0 Å². The van der Waals surface area contributed by atoms with Crippen LogP contribution in [0.15, 0.2) is 23.1 Å². The summed E-state index contributed by atoms with van der Waals surface area (Å²) in [6.45, 7) is 3.14. The Kier molecular flexibility index (Phi) is 5.71. The molecule has 2 N–H and O–H groups in total. The van der Waals surface area contributed by atoms with Crippen molar-refractivity contribution in [1.29, 1.82) is 0 Å². The molecular weight excluding hydrogens is 346 g/mol. The van der Waals surface area contributed by atoms with E-state index in [9.17, 15) is 13.5 Å². The monoisotopic (exact) mass is 369 g/mol. The van der Waals surface area contributed by atoms with Crippen molar-refractivity contribution in [3.8, 4) is 11.5 Å². The standard InChI is InChI=1S/C16H23N3O5S/c1-10-16(11(2)19(3)18-10)25(21,22)17-9-13(20)12-6-7-14(23-4)15(8-12)24-5/h6-8,13,17,20H,9H2,1-5H3. The number of nitrogens with zero attached hydrogens (tertiary/aromatic N) is 2. The fraction of sp³-hybridized carbons (Fsp3) is 0.438. The molecule has 1 aromatic carbocycles. The number of aryl methyl sites for hydroxylation is 2. The molecule has 1 unspecified atom stereocenters. The van der Waals surface area contributed by atoms with Crippen LogP contribution < -0.4 is 14.2 Å². The number of aliphatic hydroxyl groups excluding tert-OH is 1. The largest absolute Gasteiger partial charge is 0.493 e. The Morgan fingerprint density at radius 2 is 1.88 bits per heavy atom. The van der Waals surface area contributed by atoms with E-state index in [4.69, 9.17) is 9.47 Å². The van der Waals surface area contributed by atoms with Gasteiger partial charge in [0.25, 0.3) is 0 Å². The Labute approximate surface area is 147 Å². The van der Waals surface area contributed by atoms with E-state index < -0.39 is 16.1 Å². The highest BCUT2D eigenvalue weighted by atomic mass is 32.2. The summed E-state index contributed by atoms with van der Waals surface area (Å²) >= 11 is 0. The van der Waals surface area contributed by atoms with E-state index in [0.29, 0.717) is 28.5 Å². The maximum atomic E-state index is 12.5. The summed E-state index contributed by atoms with van der Waals surface area (Å²) in [7, 11) is 0.904. The van der Waals surface area contributed by atoms with Gasteiger partial charge >= 0.3 is 0 Å². The van der Waals surface area contributed by atoms with Crippen molar-refractivity contribution in [2.75, 3.05) is 20.8 Å². The van der Waals surface area contributed by atoms with E-state index >= 15 is 0 Å². The number of hydrogen-bond acceptors (Lipinski definition) is 6. The maximum absolute atomic E-state index is 12.5. The fourth-order valence-electron chi connectivity index (χ4n) is 2.58. The molecule has 1 heterocycles. The zero-order valence-corrected chi connectivity index (χ0v) is 15.7. The number of hydrogen-bond donors (Lipinski definition) is 2. The Bertz CT molecular complexity index is 861. The third kappa shape index (κ3) is 3.94. The van der Waals surface area contributed by atoms with Crippen molar-refractivity contribution >= 4 is 10.0 Å². The van der Waals surface area contributed by atoms with Gasteiger partial charge in [-0.2, -0.15) is 5.10 Å². The number of nitrogens with one attached hydrogen (secondary N) is 1. The van der Waals surface area contributed by atoms with Gasteiger partial charge in [0, 0.05) is 13.6 Å². The first-order chi connectivity index (χ1) is 11.7. The summed E-state index contributed by atoms with van der Waals surface area (Å²) in [4.78, 5) is 0.134. The van der Waals surface area contributed by atoms with Crippen molar-refractivity contribution in [3.05, 3.63) is 35.2 Å². The molecule has 0 aliphatic rings. The van der Waals surface area contributed by atoms with E-state index in [1.54, 1.807) is 39.1 Å². The van der Waals surface area contributed by atoms with Gasteiger partial charge in [0.05, 0.1) is 31.7 Å². The number of ether oxygens (including phenoxy) is 2. The molecular formula is C16H23N3O5S. The van der Waals surface area contributed by atoms with E-state index in [2.05, 4.69) is 9.82 Å². The number of benzene rings is 1. The highest BCUT2D eigenvalue weighted by Crippen LogP contribution is 2.30. The molecule has 0 aliphatic heterocycles. The average molecular weight is 369 g/mol. The molecule has 0 aliphatic carbocycles. The first kappa shape index (κ1) is 19.2. The quantitative estimate of drug-likeness (QED) is 0.757. The number of methoxy groups -OCH3 is 2. The lowest BCUT2D eigenvalue weighted by atomic mass is 10.1. The summed E-state index contributed by atoms with van der Waals surface area (Å²) in [6.07, 6.45) is -1.04. The van der Waals surface area contributed by atoms with Gasteiger partial charge in [-0.3, -0.25) is 4.68 Å². The second-order valence-electron chi connectivity index (χ2n) is 5.61. The van der Waals surface area contributed by atoms with Gasteiger partial charge in [-0.15, -0.1) is 0 Å². The lowest BCUT2D eigenvalue weighted by Gasteiger charge is -2.15. The minimum Gasteiger partial charge on any atom is -0.493 e. The van der Waals surface area contributed by atoms with Crippen molar-refractivity contribution in [3.63, 3.8) is 0 Å². The van der Waals surface area contributed by atoms with Crippen molar-refractivity contribution in [1.82, 2.24) is 14.5 Å². The van der Waals surface area contributed by atoms with Crippen LogP contribution in [0.4, 0.5) is 0 Å². The summed E-state index contributed by atoms with van der Waals surface area (Å²) in [5.74, 6) is 0.987.